The molecule has 0 bridgehead atoms. The maximum Gasteiger partial charge on any atom is 0.275 e. The van der Waals surface area contributed by atoms with Crippen molar-refractivity contribution in [2.24, 2.45) is 0 Å². The zero-order valence-electron chi connectivity index (χ0n) is 16.8. The van der Waals surface area contributed by atoms with E-state index < -0.39 is 0 Å². The number of carbonyl (C=O) groups is 1. The van der Waals surface area contributed by atoms with Crippen LogP contribution in [0.5, 0.6) is 0 Å². The second-order valence-electron chi connectivity index (χ2n) is 7.42. The standard InChI is InChI=1S/C21H30N6O/c1-26(2)12-6-11-22-20-16-23-19(15-24-20)21(28)25-17-7-9-18(10-8-17)27-13-4-3-5-14-27/h7-10,15-16H,3-6,11-14H2,1-2H3,(H,22,24)(H,25,28). The number of carbonyl (C=O) groups excluding carboxylic acids is 1. The van der Waals surface area contributed by atoms with Gasteiger partial charge in [-0.1, -0.05) is 0 Å². The Hall–Kier alpha value is -2.67. The minimum atomic E-state index is -0.252. The van der Waals surface area contributed by atoms with E-state index in [9.17, 15) is 4.79 Å². The number of rotatable bonds is 8. The third-order valence-corrected chi connectivity index (χ3v) is 4.82. The SMILES string of the molecule is CN(C)CCCNc1cnc(C(=O)Nc2ccc(N3CCCCC3)cc2)cn1. The van der Waals surface area contributed by atoms with Crippen molar-refractivity contribution in [3.05, 3.63) is 42.4 Å². The Bertz CT molecular complexity index is 738. The maximum atomic E-state index is 12.4. The number of anilines is 3. The first kappa shape index (κ1) is 20.1. The Balaban J connectivity index is 1.50. The first-order chi connectivity index (χ1) is 13.6. The van der Waals surface area contributed by atoms with E-state index in [0.717, 1.165) is 38.3 Å². The van der Waals surface area contributed by atoms with E-state index in [1.54, 1.807) is 6.20 Å². The molecule has 1 aromatic carbocycles. The van der Waals surface area contributed by atoms with Crippen molar-refractivity contribution in [2.45, 2.75) is 25.7 Å². The average Bonchev–Trinajstić information content (AvgIpc) is 2.73. The van der Waals surface area contributed by atoms with E-state index in [-0.39, 0.29) is 5.91 Å². The second-order valence-corrected chi connectivity index (χ2v) is 7.42. The van der Waals surface area contributed by atoms with Crippen molar-refractivity contribution in [3.8, 4) is 0 Å². The summed E-state index contributed by atoms with van der Waals surface area (Å²) in [5, 5.41) is 6.10. The van der Waals surface area contributed by atoms with Crippen molar-refractivity contribution in [2.75, 3.05) is 55.8 Å². The van der Waals surface area contributed by atoms with E-state index in [4.69, 9.17) is 0 Å². The average molecular weight is 383 g/mol. The fourth-order valence-corrected chi connectivity index (χ4v) is 3.25. The topological polar surface area (TPSA) is 73.4 Å². The highest BCUT2D eigenvalue weighted by atomic mass is 16.1. The fourth-order valence-electron chi connectivity index (χ4n) is 3.25. The molecule has 0 atom stereocenters. The molecule has 1 aliphatic rings. The van der Waals surface area contributed by atoms with Crippen LogP contribution >= 0.6 is 0 Å². The lowest BCUT2D eigenvalue weighted by atomic mass is 10.1. The molecule has 1 amide bonds. The van der Waals surface area contributed by atoms with Gasteiger partial charge in [0, 0.05) is 31.0 Å². The monoisotopic (exact) mass is 382 g/mol. The molecule has 7 heteroatoms. The lowest BCUT2D eigenvalue weighted by molar-refractivity contribution is 0.102. The zero-order chi connectivity index (χ0) is 19.8. The van der Waals surface area contributed by atoms with Gasteiger partial charge in [-0.2, -0.15) is 0 Å². The highest BCUT2D eigenvalue weighted by Gasteiger charge is 2.12. The van der Waals surface area contributed by atoms with Gasteiger partial charge in [-0.05, 0) is 70.6 Å². The van der Waals surface area contributed by atoms with E-state index in [2.05, 4.69) is 56.6 Å². The molecular formula is C21H30N6O. The molecule has 1 aromatic heterocycles. The van der Waals surface area contributed by atoms with Gasteiger partial charge >= 0.3 is 0 Å². The Kier molecular flexibility index (Phi) is 7.19. The highest BCUT2D eigenvalue weighted by Crippen LogP contribution is 2.22. The molecule has 2 heterocycles. The quantitative estimate of drug-likeness (QED) is 0.684. The summed E-state index contributed by atoms with van der Waals surface area (Å²) in [5.74, 6) is 0.429. The Morgan fingerprint density at radius 3 is 2.46 bits per heavy atom. The van der Waals surface area contributed by atoms with E-state index in [1.807, 2.05) is 12.1 Å². The molecule has 3 rings (SSSR count). The van der Waals surface area contributed by atoms with E-state index in [1.165, 1.54) is 31.1 Å². The molecule has 0 radical (unpaired) electrons. The van der Waals surface area contributed by atoms with Crippen molar-refractivity contribution < 1.29 is 4.79 Å². The van der Waals surface area contributed by atoms with Gasteiger partial charge < -0.3 is 20.4 Å². The largest absolute Gasteiger partial charge is 0.372 e. The van der Waals surface area contributed by atoms with Crippen LogP contribution in [0.25, 0.3) is 0 Å². The second kappa shape index (κ2) is 10.0. The number of nitrogens with zero attached hydrogens (tertiary/aromatic N) is 4. The molecule has 1 aliphatic heterocycles. The Morgan fingerprint density at radius 2 is 1.82 bits per heavy atom. The van der Waals surface area contributed by atoms with Gasteiger partial charge in [0.15, 0.2) is 0 Å². The van der Waals surface area contributed by atoms with Gasteiger partial charge in [0.1, 0.15) is 11.5 Å². The van der Waals surface area contributed by atoms with Gasteiger partial charge in [-0.3, -0.25) is 4.79 Å². The molecule has 0 spiro atoms. The van der Waals surface area contributed by atoms with E-state index in [0.29, 0.717) is 11.5 Å². The first-order valence-corrected chi connectivity index (χ1v) is 9.99. The van der Waals surface area contributed by atoms with Gasteiger partial charge in [0.2, 0.25) is 0 Å². The molecule has 0 unspecified atom stereocenters. The summed E-state index contributed by atoms with van der Waals surface area (Å²) in [6, 6.07) is 8.01. The predicted molar refractivity (Wildman–Crippen MR) is 114 cm³/mol. The normalized spacial score (nSPS) is 14.2. The number of piperidine rings is 1. The lowest BCUT2D eigenvalue weighted by Gasteiger charge is -2.28. The van der Waals surface area contributed by atoms with Crippen molar-refractivity contribution in [3.63, 3.8) is 0 Å². The molecule has 1 fully saturated rings. The number of nitrogens with one attached hydrogen (secondary N) is 2. The molecule has 0 aliphatic carbocycles. The number of hydrogen-bond acceptors (Lipinski definition) is 6. The van der Waals surface area contributed by atoms with Gasteiger partial charge in [-0.25, -0.2) is 9.97 Å². The number of aromatic nitrogens is 2. The summed E-state index contributed by atoms with van der Waals surface area (Å²) in [5.41, 5.74) is 2.28. The molecule has 28 heavy (non-hydrogen) atoms. The van der Waals surface area contributed by atoms with Crippen LogP contribution in [0, 0.1) is 0 Å². The summed E-state index contributed by atoms with van der Waals surface area (Å²) in [6.07, 6.45) is 7.94. The van der Waals surface area contributed by atoms with Crippen LogP contribution in [0.15, 0.2) is 36.7 Å². The molecule has 2 N–H and O–H groups in total. The summed E-state index contributed by atoms with van der Waals surface area (Å²) < 4.78 is 0. The van der Waals surface area contributed by atoms with Crippen LogP contribution in [0.4, 0.5) is 17.2 Å². The predicted octanol–water partition coefficient (Wildman–Crippen LogP) is 3.08. The van der Waals surface area contributed by atoms with Gasteiger partial charge in [0.25, 0.3) is 5.91 Å². The third kappa shape index (κ3) is 5.92. The highest BCUT2D eigenvalue weighted by molar-refractivity contribution is 6.02. The summed E-state index contributed by atoms with van der Waals surface area (Å²) >= 11 is 0. The van der Waals surface area contributed by atoms with Crippen molar-refractivity contribution in [1.82, 2.24) is 14.9 Å². The minimum Gasteiger partial charge on any atom is -0.372 e. The number of amides is 1. The van der Waals surface area contributed by atoms with Gasteiger partial charge in [-0.15, -0.1) is 0 Å². The Morgan fingerprint density at radius 1 is 1.07 bits per heavy atom. The van der Waals surface area contributed by atoms with Gasteiger partial charge in [0.05, 0.1) is 12.4 Å². The molecule has 1 saturated heterocycles. The molecule has 0 saturated carbocycles. The fraction of sp³-hybridized carbons (Fsp3) is 0.476. The Labute approximate surface area is 167 Å². The smallest absolute Gasteiger partial charge is 0.275 e. The summed E-state index contributed by atoms with van der Waals surface area (Å²) in [6.45, 7) is 4.05. The molecule has 7 nitrogen and oxygen atoms in total. The van der Waals surface area contributed by atoms with Crippen LogP contribution in [-0.4, -0.2) is 61.0 Å². The number of hydrogen-bond donors (Lipinski definition) is 2. The number of benzene rings is 1. The molecular weight excluding hydrogens is 352 g/mol. The van der Waals surface area contributed by atoms with Crippen LogP contribution in [0.1, 0.15) is 36.2 Å². The van der Waals surface area contributed by atoms with Crippen LogP contribution < -0.4 is 15.5 Å². The van der Waals surface area contributed by atoms with E-state index >= 15 is 0 Å². The lowest BCUT2D eigenvalue weighted by Crippen LogP contribution is -2.29. The summed E-state index contributed by atoms with van der Waals surface area (Å²) in [7, 11) is 4.10. The van der Waals surface area contributed by atoms with Crippen LogP contribution in [0.2, 0.25) is 0 Å². The first-order valence-electron chi connectivity index (χ1n) is 9.99. The third-order valence-electron chi connectivity index (χ3n) is 4.82. The maximum absolute atomic E-state index is 12.4. The van der Waals surface area contributed by atoms with Crippen LogP contribution in [-0.2, 0) is 0 Å². The minimum absolute atomic E-state index is 0.252. The summed E-state index contributed by atoms with van der Waals surface area (Å²) in [4.78, 5) is 25.4. The van der Waals surface area contributed by atoms with Crippen LogP contribution in [0.3, 0.4) is 0 Å². The molecule has 2 aromatic rings. The zero-order valence-corrected chi connectivity index (χ0v) is 16.8. The van der Waals surface area contributed by atoms with Crippen molar-refractivity contribution >= 4 is 23.1 Å². The molecule has 150 valence electrons. The van der Waals surface area contributed by atoms with Crippen molar-refractivity contribution in [1.29, 1.82) is 0 Å².